The Hall–Kier alpha value is -0.520. The summed E-state index contributed by atoms with van der Waals surface area (Å²) in [7, 11) is 0. The Morgan fingerprint density at radius 1 is 1.56 bits per heavy atom. The third kappa shape index (κ3) is 5.35. The molecule has 0 aromatic rings. The minimum atomic E-state index is -0.0825. The second kappa shape index (κ2) is 5.61. The molecule has 9 heavy (non-hydrogen) atoms. The van der Waals surface area contributed by atoms with Crippen LogP contribution in [-0.2, 0) is 0 Å². The average molecular weight is 125 g/mol. The lowest BCUT2D eigenvalue weighted by molar-refractivity contribution is 1.10. The van der Waals surface area contributed by atoms with Crippen molar-refractivity contribution in [3.05, 3.63) is 23.8 Å². The molecule has 0 aliphatic heterocycles. The molecule has 0 bridgehead atoms. The van der Waals surface area contributed by atoms with Crippen molar-refractivity contribution in [2.24, 2.45) is 0 Å². The highest BCUT2D eigenvalue weighted by Crippen LogP contribution is 1.97. The molecule has 0 rings (SSSR count). The van der Waals surface area contributed by atoms with Gasteiger partial charge in [-0.05, 0) is 19.7 Å². The Kier molecular flexibility index (Phi) is 4.12. The molecule has 0 heteroatoms. The Morgan fingerprint density at radius 3 is 2.67 bits per heavy atom. The van der Waals surface area contributed by atoms with Gasteiger partial charge in [0.05, 0.1) is 0 Å². The molecule has 0 aliphatic carbocycles. The van der Waals surface area contributed by atoms with Crippen LogP contribution in [0, 0.1) is 0 Å². The maximum Gasteiger partial charge on any atom is 0.0307 e. The fourth-order valence-corrected chi connectivity index (χ4v) is 0.449. The molecule has 0 fully saturated rings. The topological polar surface area (TPSA) is 0 Å². The van der Waals surface area contributed by atoms with Crippen LogP contribution in [-0.4, -0.2) is 0 Å². The lowest BCUT2D eigenvalue weighted by Crippen LogP contribution is -1.66. The molecule has 0 aliphatic rings. The van der Waals surface area contributed by atoms with Gasteiger partial charge in [0.25, 0.3) is 0 Å². The summed E-state index contributed by atoms with van der Waals surface area (Å²) in [4.78, 5) is 0. The molecular formula is C9H16. The van der Waals surface area contributed by atoms with Gasteiger partial charge in [-0.1, -0.05) is 37.6 Å². The van der Waals surface area contributed by atoms with Crippen LogP contribution in [0.5, 0.6) is 0 Å². The van der Waals surface area contributed by atoms with Crippen LogP contribution < -0.4 is 0 Å². The zero-order valence-corrected chi connectivity index (χ0v) is 6.52. The first-order chi connectivity index (χ1) is 4.66. The second-order valence-corrected chi connectivity index (χ2v) is 2.08. The van der Waals surface area contributed by atoms with E-state index in [4.69, 9.17) is 1.37 Å². The molecule has 0 spiro atoms. The predicted molar refractivity (Wildman–Crippen MR) is 43.5 cm³/mol. The van der Waals surface area contributed by atoms with Crippen molar-refractivity contribution in [2.75, 3.05) is 0 Å². The third-order valence-electron chi connectivity index (χ3n) is 1.24. The fraction of sp³-hybridized carbons (Fsp3) is 0.556. The lowest BCUT2D eigenvalue weighted by atomic mass is 10.2. The molecule has 0 nitrogen and oxygen atoms in total. The van der Waals surface area contributed by atoms with Gasteiger partial charge in [-0.15, -0.1) is 0 Å². The zero-order valence-electron chi connectivity index (χ0n) is 7.52. The van der Waals surface area contributed by atoms with E-state index in [0.717, 1.165) is 6.42 Å². The quantitative estimate of drug-likeness (QED) is 0.508. The van der Waals surface area contributed by atoms with E-state index in [-0.39, 0.29) is 6.40 Å². The van der Waals surface area contributed by atoms with Crippen LogP contribution in [0.3, 0.4) is 0 Å². The number of allylic oxidation sites excluding steroid dienone is 4. The minimum Gasteiger partial charge on any atom is -0.0848 e. The highest BCUT2D eigenvalue weighted by Gasteiger charge is 1.76. The monoisotopic (exact) mass is 125 g/mol. The Bertz CT molecular complexity index is 132. The van der Waals surface area contributed by atoms with Crippen molar-refractivity contribution < 1.29 is 1.37 Å². The van der Waals surface area contributed by atoms with Crippen LogP contribution in [0.1, 0.15) is 35.0 Å². The summed E-state index contributed by atoms with van der Waals surface area (Å²) in [6.07, 6.45) is 6.90. The van der Waals surface area contributed by atoms with E-state index in [0.29, 0.717) is 0 Å². The number of hydrogen-bond acceptors (Lipinski definition) is 0. The Morgan fingerprint density at radius 2 is 2.22 bits per heavy atom. The molecule has 0 radical (unpaired) electrons. The maximum absolute atomic E-state index is 7.16. The van der Waals surface area contributed by atoms with Crippen LogP contribution >= 0.6 is 0 Å². The van der Waals surface area contributed by atoms with Crippen LogP contribution in [0.2, 0.25) is 0 Å². The highest BCUT2D eigenvalue weighted by atomic mass is 13.8. The van der Waals surface area contributed by atoms with Gasteiger partial charge in [0.2, 0.25) is 0 Å². The smallest absolute Gasteiger partial charge is 0.0307 e. The molecule has 0 unspecified atom stereocenters. The van der Waals surface area contributed by atoms with Crippen molar-refractivity contribution in [3.63, 3.8) is 0 Å². The van der Waals surface area contributed by atoms with Crippen LogP contribution in [0.25, 0.3) is 0 Å². The van der Waals surface area contributed by atoms with Gasteiger partial charge in [0.1, 0.15) is 0 Å². The van der Waals surface area contributed by atoms with Gasteiger partial charge in [0.15, 0.2) is 0 Å². The first-order valence-electron chi connectivity index (χ1n) is 4.00. The van der Waals surface area contributed by atoms with Crippen molar-refractivity contribution >= 4 is 0 Å². The van der Waals surface area contributed by atoms with E-state index in [2.05, 4.69) is 19.9 Å². The van der Waals surface area contributed by atoms with Gasteiger partial charge >= 0.3 is 0 Å². The first-order valence-corrected chi connectivity index (χ1v) is 3.43. The third-order valence-corrected chi connectivity index (χ3v) is 1.24. The SMILES string of the molecule is [2H][C@@H](C)/C=C\C=C(\C)CC. The molecule has 0 saturated heterocycles. The summed E-state index contributed by atoms with van der Waals surface area (Å²) < 4.78 is 7.16. The average Bonchev–Trinajstić information content (AvgIpc) is 1.87. The largest absolute Gasteiger partial charge is 0.0848 e. The number of hydrogen-bond donors (Lipinski definition) is 0. The minimum absolute atomic E-state index is 0.0825. The second-order valence-electron chi connectivity index (χ2n) is 2.08. The van der Waals surface area contributed by atoms with Crippen molar-refractivity contribution in [2.45, 2.75) is 33.6 Å². The van der Waals surface area contributed by atoms with Gasteiger partial charge in [-0.2, -0.15) is 0 Å². The van der Waals surface area contributed by atoms with E-state index >= 15 is 0 Å². The van der Waals surface area contributed by atoms with Crippen LogP contribution in [0.15, 0.2) is 23.8 Å². The summed E-state index contributed by atoms with van der Waals surface area (Å²) in [6, 6.07) is 0. The molecule has 0 amide bonds. The summed E-state index contributed by atoms with van der Waals surface area (Å²) in [5.41, 5.74) is 1.36. The van der Waals surface area contributed by atoms with Gasteiger partial charge in [-0.25, -0.2) is 0 Å². The Balaban J connectivity index is 3.70. The molecule has 52 valence electrons. The van der Waals surface area contributed by atoms with Gasteiger partial charge in [-0.3, -0.25) is 0 Å². The van der Waals surface area contributed by atoms with E-state index in [9.17, 15) is 0 Å². The van der Waals surface area contributed by atoms with E-state index in [1.165, 1.54) is 5.57 Å². The maximum atomic E-state index is 7.16. The molecule has 0 N–H and O–H groups in total. The standard InChI is InChI=1S/C9H16/c1-4-6-7-8-9(3)5-2/h6-8H,4-5H2,1-3H3/b7-6-,9-8-/i4D/t4-/m0/s1. The zero-order chi connectivity index (χ0) is 7.98. The predicted octanol–water partition coefficient (Wildman–Crippen LogP) is 3.31. The van der Waals surface area contributed by atoms with Crippen molar-refractivity contribution in [1.29, 1.82) is 0 Å². The molecule has 0 aromatic heterocycles. The molecular weight excluding hydrogens is 108 g/mol. The fourth-order valence-electron chi connectivity index (χ4n) is 0.449. The molecule has 0 aromatic carbocycles. The lowest BCUT2D eigenvalue weighted by Gasteiger charge is -1.87. The molecule has 0 heterocycles. The first kappa shape index (κ1) is 6.60. The highest BCUT2D eigenvalue weighted by molar-refractivity contribution is 5.09. The summed E-state index contributed by atoms with van der Waals surface area (Å²) in [5, 5.41) is 0. The van der Waals surface area contributed by atoms with E-state index in [1.54, 1.807) is 0 Å². The van der Waals surface area contributed by atoms with Gasteiger partial charge in [0, 0.05) is 1.37 Å². The van der Waals surface area contributed by atoms with E-state index in [1.807, 2.05) is 19.1 Å². The van der Waals surface area contributed by atoms with E-state index < -0.39 is 0 Å². The summed E-state index contributed by atoms with van der Waals surface area (Å²) in [6.45, 7) is 6.08. The van der Waals surface area contributed by atoms with Crippen LogP contribution in [0.4, 0.5) is 0 Å². The van der Waals surface area contributed by atoms with Gasteiger partial charge < -0.3 is 0 Å². The summed E-state index contributed by atoms with van der Waals surface area (Å²) >= 11 is 0. The summed E-state index contributed by atoms with van der Waals surface area (Å²) in [5.74, 6) is 0. The van der Waals surface area contributed by atoms with Crippen molar-refractivity contribution in [3.8, 4) is 0 Å². The number of rotatable bonds is 3. The molecule has 0 saturated carbocycles. The molecule has 1 atom stereocenters. The normalized spacial score (nSPS) is 18.1. The Labute approximate surface area is 59.7 Å². The van der Waals surface area contributed by atoms with Crippen molar-refractivity contribution in [1.82, 2.24) is 0 Å².